The van der Waals surface area contributed by atoms with Gasteiger partial charge in [0.1, 0.15) is 0 Å². The van der Waals surface area contributed by atoms with E-state index in [-0.39, 0.29) is 12.5 Å². The summed E-state index contributed by atoms with van der Waals surface area (Å²) in [5, 5.41) is 13.0. The zero-order valence-electron chi connectivity index (χ0n) is 19.0. The largest absolute Gasteiger partial charge is 0.493 e. The van der Waals surface area contributed by atoms with Crippen LogP contribution in [0.3, 0.4) is 0 Å². The highest BCUT2D eigenvalue weighted by Crippen LogP contribution is 2.29. The van der Waals surface area contributed by atoms with Gasteiger partial charge in [0.2, 0.25) is 0 Å². The summed E-state index contributed by atoms with van der Waals surface area (Å²) in [6.45, 7) is 0.172. The summed E-state index contributed by atoms with van der Waals surface area (Å²) in [5.41, 5.74) is 2.42. The first-order chi connectivity index (χ1) is 17.0. The first-order valence-corrected chi connectivity index (χ1v) is 12.7. The van der Waals surface area contributed by atoms with Gasteiger partial charge in [-0.25, -0.2) is 0 Å². The predicted octanol–water partition coefficient (Wildman–Crippen LogP) is 5.92. The molecule has 0 saturated heterocycles. The summed E-state index contributed by atoms with van der Waals surface area (Å²) < 4.78 is 13.5. The first-order valence-electron chi connectivity index (χ1n) is 10.6. The third kappa shape index (κ3) is 6.17. The van der Waals surface area contributed by atoms with Gasteiger partial charge in [-0.05, 0) is 54.1 Å². The highest BCUT2D eigenvalue weighted by atomic mass is 79.9. The number of hydrogen-bond acceptors (Lipinski definition) is 6. The molecule has 0 fully saturated rings. The molecule has 7 nitrogen and oxygen atoms in total. The summed E-state index contributed by atoms with van der Waals surface area (Å²) in [6, 6.07) is 20.6. The number of thioether (sulfide) groups is 1. The Hall–Kier alpha value is -3.01. The average Bonchev–Trinajstić information content (AvgIpc) is 3.29. The summed E-state index contributed by atoms with van der Waals surface area (Å²) >= 11 is 11.3. The first kappa shape index (κ1) is 25.1. The molecule has 0 spiro atoms. The van der Waals surface area contributed by atoms with E-state index < -0.39 is 0 Å². The Morgan fingerprint density at radius 1 is 1.03 bits per heavy atom. The smallest absolute Gasteiger partial charge is 0.251 e. The number of benzene rings is 3. The van der Waals surface area contributed by atoms with Crippen molar-refractivity contribution in [3.05, 3.63) is 93.2 Å². The molecular formula is C25H22BrClN4O3S. The Balaban J connectivity index is 1.56. The molecule has 0 aliphatic heterocycles. The number of carbonyl (C=O) groups excluding carboxylic acids is 1. The lowest BCUT2D eigenvalue weighted by molar-refractivity contribution is 0.0949. The van der Waals surface area contributed by atoms with E-state index in [2.05, 4.69) is 43.6 Å². The van der Waals surface area contributed by atoms with Crippen LogP contribution < -0.4 is 14.8 Å². The molecule has 3 aromatic carbocycles. The molecule has 35 heavy (non-hydrogen) atoms. The molecule has 10 heteroatoms. The number of rotatable bonds is 9. The van der Waals surface area contributed by atoms with Crippen LogP contribution in [0.1, 0.15) is 21.7 Å². The minimum absolute atomic E-state index is 0.172. The van der Waals surface area contributed by atoms with Gasteiger partial charge in [-0.15, -0.1) is 10.2 Å². The van der Waals surface area contributed by atoms with E-state index in [0.29, 0.717) is 38.8 Å². The van der Waals surface area contributed by atoms with Crippen LogP contribution in [0.15, 0.2) is 76.4 Å². The molecule has 0 aliphatic rings. The van der Waals surface area contributed by atoms with Gasteiger partial charge in [-0.2, -0.15) is 0 Å². The van der Waals surface area contributed by atoms with Gasteiger partial charge in [-0.3, -0.25) is 9.36 Å². The lowest BCUT2D eigenvalue weighted by Crippen LogP contribution is -2.24. The van der Waals surface area contributed by atoms with Gasteiger partial charge in [0.05, 0.1) is 26.5 Å². The van der Waals surface area contributed by atoms with Crippen LogP contribution in [0.2, 0.25) is 5.02 Å². The molecule has 0 bridgehead atoms. The van der Waals surface area contributed by atoms with Crippen molar-refractivity contribution in [1.82, 2.24) is 20.1 Å². The number of amides is 1. The van der Waals surface area contributed by atoms with Crippen LogP contribution in [0.25, 0.3) is 5.69 Å². The molecule has 1 amide bonds. The Kier molecular flexibility index (Phi) is 8.33. The SMILES string of the molecule is COc1ccc(C(=O)NCc2nnc(SCc3ccc(Br)cc3)n2-c2cccc(Cl)c2)cc1OC. The van der Waals surface area contributed by atoms with Gasteiger partial charge >= 0.3 is 0 Å². The van der Waals surface area contributed by atoms with Crippen LogP contribution >= 0.6 is 39.3 Å². The molecular weight excluding hydrogens is 552 g/mol. The summed E-state index contributed by atoms with van der Waals surface area (Å²) in [7, 11) is 3.08. The molecule has 1 heterocycles. The second kappa shape index (κ2) is 11.6. The molecule has 0 saturated carbocycles. The van der Waals surface area contributed by atoms with Gasteiger partial charge < -0.3 is 14.8 Å². The van der Waals surface area contributed by atoms with E-state index in [9.17, 15) is 4.79 Å². The van der Waals surface area contributed by atoms with Gasteiger partial charge in [-0.1, -0.05) is 57.5 Å². The lowest BCUT2D eigenvalue weighted by atomic mass is 10.2. The van der Waals surface area contributed by atoms with Crippen LogP contribution in [-0.4, -0.2) is 34.9 Å². The minimum Gasteiger partial charge on any atom is -0.493 e. The fraction of sp³-hybridized carbons (Fsp3) is 0.160. The van der Waals surface area contributed by atoms with E-state index in [1.165, 1.54) is 7.11 Å². The Morgan fingerprint density at radius 3 is 2.51 bits per heavy atom. The van der Waals surface area contributed by atoms with Gasteiger partial charge in [0.25, 0.3) is 5.91 Å². The van der Waals surface area contributed by atoms with Crippen molar-refractivity contribution in [3.63, 3.8) is 0 Å². The van der Waals surface area contributed by atoms with Crippen LogP contribution in [0.5, 0.6) is 11.5 Å². The number of hydrogen-bond donors (Lipinski definition) is 1. The van der Waals surface area contributed by atoms with Crippen LogP contribution in [0.4, 0.5) is 0 Å². The van der Waals surface area contributed by atoms with Crippen molar-refractivity contribution in [3.8, 4) is 17.2 Å². The Labute approximate surface area is 220 Å². The zero-order valence-corrected chi connectivity index (χ0v) is 22.2. The predicted molar refractivity (Wildman–Crippen MR) is 141 cm³/mol. The summed E-state index contributed by atoms with van der Waals surface area (Å²) in [6.07, 6.45) is 0. The monoisotopic (exact) mass is 572 g/mol. The standard InChI is InChI=1S/C25H22BrClN4O3S/c1-33-21-11-8-17(12-22(21)34-2)24(32)28-14-23-29-30-25(31(23)20-5-3-4-19(27)13-20)35-15-16-6-9-18(26)10-7-16/h3-13H,14-15H2,1-2H3,(H,28,32). The number of ether oxygens (including phenoxy) is 2. The number of methoxy groups -OCH3 is 2. The van der Waals surface area contributed by atoms with E-state index in [4.69, 9.17) is 21.1 Å². The van der Waals surface area contributed by atoms with Crippen molar-refractivity contribution in [2.75, 3.05) is 14.2 Å². The molecule has 0 aliphatic carbocycles. The summed E-state index contributed by atoms with van der Waals surface area (Å²) in [5.74, 6) is 2.06. The number of aromatic nitrogens is 3. The van der Waals surface area contributed by atoms with Crippen molar-refractivity contribution in [2.24, 2.45) is 0 Å². The fourth-order valence-electron chi connectivity index (χ4n) is 3.35. The topological polar surface area (TPSA) is 78.3 Å². The number of nitrogens with zero attached hydrogens (tertiary/aromatic N) is 3. The van der Waals surface area contributed by atoms with Crippen molar-refractivity contribution >= 4 is 45.2 Å². The second-order valence-corrected chi connectivity index (χ2v) is 9.68. The molecule has 0 unspecified atom stereocenters. The van der Waals surface area contributed by atoms with Crippen molar-refractivity contribution in [2.45, 2.75) is 17.5 Å². The fourth-order valence-corrected chi connectivity index (χ4v) is 4.73. The number of nitrogens with one attached hydrogen (secondary N) is 1. The maximum absolute atomic E-state index is 12.8. The molecule has 1 aromatic heterocycles. The number of halogens is 2. The van der Waals surface area contributed by atoms with E-state index >= 15 is 0 Å². The van der Waals surface area contributed by atoms with Crippen LogP contribution in [0, 0.1) is 0 Å². The maximum Gasteiger partial charge on any atom is 0.251 e. The Morgan fingerprint density at radius 2 is 1.80 bits per heavy atom. The van der Waals surface area contributed by atoms with Crippen molar-refractivity contribution in [1.29, 1.82) is 0 Å². The lowest BCUT2D eigenvalue weighted by Gasteiger charge is -2.12. The third-order valence-electron chi connectivity index (χ3n) is 5.10. The maximum atomic E-state index is 12.8. The zero-order chi connectivity index (χ0) is 24.8. The highest BCUT2D eigenvalue weighted by Gasteiger charge is 2.17. The third-order valence-corrected chi connectivity index (χ3v) is 6.86. The van der Waals surface area contributed by atoms with Crippen LogP contribution in [-0.2, 0) is 12.3 Å². The van der Waals surface area contributed by atoms with E-state index in [0.717, 1.165) is 15.7 Å². The van der Waals surface area contributed by atoms with Gasteiger partial charge in [0, 0.05) is 20.8 Å². The van der Waals surface area contributed by atoms with Crippen molar-refractivity contribution < 1.29 is 14.3 Å². The number of carbonyl (C=O) groups is 1. The summed E-state index contributed by atoms with van der Waals surface area (Å²) in [4.78, 5) is 12.8. The molecule has 180 valence electrons. The minimum atomic E-state index is -0.268. The van der Waals surface area contributed by atoms with Gasteiger partial charge in [0.15, 0.2) is 22.5 Å². The van der Waals surface area contributed by atoms with E-state index in [1.807, 2.05) is 41.0 Å². The molecule has 0 atom stereocenters. The normalized spacial score (nSPS) is 10.7. The molecule has 4 aromatic rings. The van der Waals surface area contributed by atoms with E-state index in [1.54, 1.807) is 37.1 Å². The quantitative estimate of drug-likeness (QED) is 0.250. The Bertz CT molecular complexity index is 1330. The molecule has 1 N–H and O–H groups in total. The molecule has 0 radical (unpaired) electrons. The highest BCUT2D eigenvalue weighted by molar-refractivity contribution is 9.10. The second-order valence-electron chi connectivity index (χ2n) is 7.38. The average molecular weight is 574 g/mol. The molecule has 4 rings (SSSR count).